The fraction of sp³-hybridized carbons (Fsp3) is 0.192. The van der Waals surface area contributed by atoms with Crippen LogP contribution in [0, 0.1) is 5.92 Å². The number of hydrogen-bond donors (Lipinski definition) is 1. The number of nitrogens with zero attached hydrogens (tertiary/aromatic N) is 2. The Labute approximate surface area is 196 Å². The number of benzene rings is 3. The highest BCUT2D eigenvalue weighted by atomic mass is 32.2. The lowest BCUT2D eigenvalue weighted by Gasteiger charge is -2.21. The summed E-state index contributed by atoms with van der Waals surface area (Å²) in [6.45, 7) is 2.86. The predicted molar refractivity (Wildman–Crippen MR) is 130 cm³/mol. The van der Waals surface area contributed by atoms with Crippen molar-refractivity contribution < 1.29 is 14.4 Å². The van der Waals surface area contributed by atoms with Gasteiger partial charge in [0.15, 0.2) is 0 Å². The number of anilines is 3. The molecule has 1 fully saturated rings. The van der Waals surface area contributed by atoms with Gasteiger partial charge >= 0.3 is 0 Å². The zero-order valence-corrected chi connectivity index (χ0v) is 19.0. The second-order valence-electron chi connectivity index (χ2n) is 8.06. The van der Waals surface area contributed by atoms with Crippen LogP contribution in [0.3, 0.4) is 0 Å². The molecule has 2 heterocycles. The molecular weight excluding hydrogens is 434 g/mol. The fourth-order valence-electron chi connectivity index (χ4n) is 4.30. The summed E-state index contributed by atoms with van der Waals surface area (Å²) in [5.74, 6) is -0.670. The number of rotatable bonds is 4. The molecule has 0 spiro atoms. The first kappa shape index (κ1) is 21.3. The molecule has 166 valence electrons. The zero-order chi connectivity index (χ0) is 22.9. The molecule has 0 unspecified atom stereocenters. The minimum Gasteiger partial charge on any atom is -0.326 e. The molecule has 2 aliphatic rings. The van der Waals surface area contributed by atoms with E-state index >= 15 is 0 Å². The second-order valence-corrected chi connectivity index (χ2v) is 9.14. The van der Waals surface area contributed by atoms with Gasteiger partial charge in [0.1, 0.15) is 0 Å². The molecule has 3 amide bonds. The highest BCUT2D eigenvalue weighted by Crippen LogP contribution is 2.42. The monoisotopic (exact) mass is 457 g/mol. The van der Waals surface area contributed by atoms with E-state index in [1.807, 2.05) is 79.7 Å². The molecule has 7 heteroatoms. The van der Waals surface area contributed by atoms with Gasteiger partial charge in [-0.25, -0.2) is 0 Å². The molecular formula is C26H23N3O3S. The van der Waals surface area contributed by atoms with Gasteiger partial charge in [0, 0.05) is 40.7 Å². The van der Waals surface area contributed by atoms with Crippen molar-refractivity contribution in [2.45, 2.75) is 23.1 Å². The van der Waals surface area contributed by atoms with Crippen LogP contribution < -0.4 is 15.1 Å². The minimum atomic E-state index is -0.418. The maximum absolute atomic E-state index is 13.1. The summed E-state index contributed by atoms with van der Waals surface area (Å²) in [6.07, 6.45) is 0.186. The van der Waals surface area contributed by atoms with Crippen molar-refractivity contribution in [3.8, 4) is 0 Å². The Hall–Kier alpha value is -3.58. The van der Waals surface area contributed by atoms with Crippen molar-refractivity contribution in [3.05, 3.63) is 78.4 Å². The van der Waals surface area contributed by atoms with Gasteiger partial charge in [-0.05, 0) is 49.4 Å². The number of carbonyl (C=O) groups excluding carboxylic acids is 3. The van der Waals surface area contributed by atoms with Gasteiger partial charge in [0.2, 0.25) is 11.8 Å². The summed E-state index contributed by atoms with van der Waals surface area (Å²) in [5, 5.41) is 2.98. The second kappa shape index (κ2) is 8.75. The maximum atomic E-state index is 13.1. The van der Waals surface area contributed by atoms with E-state index in [0.717, 1.165) is 21.2 Å². The van der Waals surface area contributed by atoms with Crippen LogP contribution >= 0.6 is 11.8 Å². The van der Waals surface area contributed by atoms with Crippen molar-refractivity contribution in [2.24, 2.45) is 5.92 Å². The van der Waals surface area contributed by atoms with Gasteiger partial charge < -0.3 is 15.1 Å². The van der Waals surface area contributed by atoms with E-state index in [1.54, 1.807) is 9.80 Å². The molecule has 0 aromatic heterocycles. The van der Waals surface area contributed by atoms with Crippen molar-refractivity contribution >= 4 is 46.5 Å². The zero-order valence-electron chi connectivity index (χ0n) is 18.2. The molecule has 5 rings (SSSR count). The molecule has 0 saturated carbocycles. The lowest BCUT2D eigenvalue weighted by atomic mass is 10.1. The Morgan fingerprint density at radius 1 is 1.00 bits per heavy atom. The Kier molecular flexibility index (Phi) is 5.64. The van der Waals surface area contributed by atoms with E-state index in [-0.39, 0.29) is 24.1 Å². The Balaban J connectivity index is 1.37. The summed E-state index contributed by atoms with van der Waals surface area (Å²) in [7, 11) is 0. The van der Waals surface area contributed by atoms with E-state index in [9.17, 15) is 14.4 Å². The SMILES string of the molecule is CCN1C(=O)c2ccccc2Sc2cc(NC(=O)[C@@H]3CC(=O)N(c4ccccc4)C3)ccc21. The summed E-state index contributed by atoms with van der Waals surface area (Å²) < 4.78 is 0. The predicted octanol–water partition coefficient (Wildman–Crippen LogP) is 4.81. The third kappa shape index (κ3) is 4.00. The Bertz CT molecular complexity index is 1240. The molecule has 33 heavy (non-hydrogen) atoms. The number of hydrogen-bond acceptors (Lipinski definition) is 4. The van der Waals surface area contributed by atoms with Crippen molar-refractivity contribution in [1.82, 2.24) is 0 Å². The first-order valence-electron chi connectivity index (χ1n) is 10.9. The smallest absolute Gasteiger partial charge is 0.259 e. The quantitative estimate of drug-likeness (QED) is 0.611. The van der Waals surface area contributed by atoms with Gasteiger partial charge in [-0.3, -0.25) is 14.4 Å². The van der Waals surface area contributed by atoms with Crippen LogP contribution in [0.15, 0.2) is 82.6 Å². The third-order valence-corrected chi connectivity index (χ3v) is 7.10. The van der Waals surface area contributed by atoms with Gasteiger partial charge in [-0.2, -0.15) is 0 Å². The van der Waals surface area contributed by atoms with Crippen LogP contribution in [0.1, 0.15) is 23.7 Å². The van der Waals surface area contributed by atoms with Gasteiger partial charge in [0.05, 0.1) is 17.2 Å². The highest BCUT2D eigenvalue weighted by molar-refractivity contribution is 7.99. The van der Waals surface area contributed by atoms with Crippen LogP contribution in [0.2, 0.25) is 0 Å². The third-order valence-electron chi connectivity index (χ3n) is 5.98. The van der Waals surface area contributed by atoms with Crippen LogP contribution in [0.5, 0.6) is 0 Å². The van der Waals surface area contributed by atoms with Crippen molar-refractivity contribution in [2.75, 3.05) is 28.2 Å². The summed E-state index contributed by atoms with van der Waals surface area (Å²) in [4.78, 5) is 43.7. The topological polar surface area (TPSA) is 69.7 Å². The molecule has 0 radical (unpaired) electrons. The number of fused-ring (bicyclic) bond motifs is 2. The van der Waals surface area contributed by atoms with Crippen LogP contribution in [-0.4, -0.2) is 30.8 Å². The summed E-state index contributed by atoms with van der Waals surface area (Å²) in [5.41, 5.74) is 2.96. The first-order valence-corrected chi connectivity index (χ1v) is 11.8. The average molecular weight is 458 g/mol. The maximum Gasteiger partial charge on any atom is 0.259 e. The van der Waals surface area contributed by atoms with E-state index in [0.29, 0.717) is 24.3 Å². The fourth-order valence-corrected chi connectivity index (χ4v) is 5.42. The largest absolute Gasteiger partial charge is 0.326 e. The van der Waals surface area contributed by atoms with Crippen LogP contribution in [0.25, 0.3) is 0 Å². The van der Waals surface area contributed by atoms with Gasteiger partial charge in [-0.15, -0.1) is 0 Å². The first-order chi connectivity index (χ1) is 16.0. The number of amides is 3. The van der Waals surface area contributed by atoms with Crippen molar-refractivity contribution in [1.29, 1.82) is 0 Å². The van der Waals surface area contributed by atoms with E-state index in [4.69, 9.17) is 0 Å². The lowest BCUT2D eigenvalue weighted by Crippen LogP contribution is -2.30. The number of carbonyl (C=O) groups is 3. The highest BCUT2D eigenvalue weighted by Gasteiger charge is 2.35. The van der Waals surface area contributed by atoms with Crippen LogP contribution in [-0.2, 0) is 9.59 Å². The van der Waals surface area contributed by atoms with Crippen molar-refractivity contribution in [3.63, 3.8) is 0 Å². The number of para-hydroxylation sites is 1. The van der Waals surface area contributed by atoms with Gasteiger partial charge in [-0.1, -0.05) is 42.1 Å². The van der Waals surface area contributed by atoms with E-state index in [2.05, 4.69) is 5.32 Å². The van der Waals surface area contributed by atoms with Crippen LogP contribution in [0.4, 0.5) is 17.1 Å². The molecule has 0 bridgehead atoms. The molecule has 2 aliphatic heterocycles. The average Bonchev–Trinajstić information content (AvgIpc) is 3.18. The molecule has 1 saturated heterocycles. The van der Waals surface area contributed by atoms with Gasteiger partial charge in [0.25, 0.3) is 5.91 Å². The van der Waals surface area contributed by atoms with E-state index < -0.39 is 5.92 Å². The lowest BCUT2D eigenvalue weighted by molar-refractivity contribution is -0.122. The Morgan fingerprint density at radius 3 is 2.55 bits per heavy atom. The Morgan fingerprint density at radius 2 is 1.76 bits per heavy atom. The molecule has 1 atom stereocenters. The molecule has 1 N–H and O–H groups in total. The molecule has 3 aromatic rings. The number of nitrogens with one attached hydrogen (secondary N) is 1. The summed E-state index contributed by atoms with van der Waals surface area (Å²) in [6, 6.07) is 22.6. The standard InChI is InChI=1S/C26H23N3O3S/c1-2-28-21-13-12-18(15-23(21)33-22-11-7-6-10-20(22)26(28)32)27-25(31)17-14-24(30)29(16-17)19-8-4-3-5-9-19/h3-13,15,17H,2,14,16H2,1H3,(H,27,31)/t17-/m1/s1. The molecule has 6 nitrogen and oxygen atoms in total. The minimum absolute atomic E-state index is 0.0263. The summed E-state index contributed by atoms with van der Waals surface area (Å²) >= 11 is 1.52. The normalized spacial score (nSPS) is 17.4. The van der Waals surface area contributed by atoms with E-state index in [1.165, 1.54) is 11.8 Å². The molecule has 3 aromatic carbocycles. The molecule has 0 aliphatic carbocycles.